The highest BCUT2D eigenvalue weighted by atomic mass is 19.1. The lowest BCUT2D eigenvalue weighted by atomic mass is 10.2. The Kier molecular flexibility index (Phi) is 3.71. The maximum atomic E-state index is 13.8. The molecular weight excluding hydrogens is 283 g/mol. The van der Waals surface area contributed by atoms with E-state index in [-0.39, 0.29) is 11.7 Å². The lowest BCUT2D eigenvalue weighted by Crippen LogP contribution is -2.27. The molecule has 3 rings (SSSR count). The average Bonchev–Trinajstić information content (AvgIpc) is 3.04. The van der Waals surface area contributed by atoms with Gasteiger partial charge in [-0.15, -0.1) is 0 Å². The van der Waals surface area contributed by atoms with Gasteiger partial charge in [0.25, 0.3) is 5.91 Å². The number of carbonyl (C=O) groups is 1. The molecule has 3 aromatic rings. The van der Waals surface area contributed by atoms with Crippen LogP contribution in [0.3, 0.4) is 0 Å². The fourth-order valence-corrected chi connectivity index (χ4v) is 2.55. The van der Waals surface area contributed by atoms with Gasteiger partial charge < -0.3 is 14.3 Å². The van der Waals surface area contributed by atoms with Gasteiger partial charge in [0.15, 0.2) is 0 Å². The molecule has 0 unspecified atom stereocenters. The summed E-state index contributed by atoms with van der Waals surface area (Å²) in [7, 11) is 1.76. The number of fused-ring (bicyclic) bond motifs is 1. The van der Waals surface area contributed by atoms with Crippen molar-refractivity contribution in [3.05, 3.63) is 59.4 Å². The van der Waals surface area contributed by atoms with E-state index in [1.54, 1.807) is 29.8 Å². The van der Waals surface area contributed by atoms with Crippen LogP contribution in [0.4, 0.5) is 4.39 Å². The minimum atomic E-state index is -0.321. The van der Waals surface area contributed by atoms with Crippen molar-refractivity contribution in [2.45, 2.75) is 13.3 Å². The van der Waals surface area contributed by atoms with Gasteiger partial charge in [0.05, 0.1) is 5.52 Å². The van der Waals surface area contributed by atoms with E-state index >= 15 is 0 Å². The third-order valence-corrected chi connectivity index (χ3v) is 3.72. The zero-order chi connectivity index (χ0) is 15.7. The highest BCUT2D eigenvalue weighted by Crippen LogP contribution is 2.21. The molecule has 0 saturated carbocycles. The number of benzene rings is 1. The van der Waals surface area contributed by atoms with Gasteiger partial charge in [-0.25, -0.2) is 4.39 Å². The van der Waals surface area contributed by atoms with Crippen LogP contribution in [0.2, 0.25) is 0 Å². The standard InChI is InChI=1S/C17H17FN2O2/c1-11-6-7-12(22-11)8-9-19-17(21)16-10-13-14(18)4-3-5-15(13)20(16)2/h3-7,10H,8-9H2,1-2H3,(H,19,21). The first-order valence-corrected chi connectivity index (χ1v) is 7.13. The molecule has 1 N–H and O–H groups in total. The Morgan fingerprint density at radius 3 is 2.82 bits per heavy atom. The highest BCUT2D eigenvalue weighted by molar-refractivity contribution is 5.98. The summed E-state index contributed by atoms with van der Waals surface area (Å²) in [5.74, 6) is 1.14. The Hall–Kier alpha value is -2.56. The fraction of sp³-hybridized carbons (Fsp3) is 0.235. The van der Waals surface area contributed by atoms with Crippen LogP contribution in [0.15, 0.2) is 40.8 Å². The average molecular weight is 300 g/mol. The van der Waals surface area contributed by atoms with Crippen LogP contribution in [0.25, 0.3) is 10.9 Å². The van der Waals surface area contributed by atoms with Crippen molar-refractivity contribution >= 4 is 16.8 Å². The molecule has 0 spiro atoms. The van der Waals surface area contributed by atoms with Crippen LogP contribution >= 0.6 is 0 Å². The monoisotopic (exact) mass is 300 g/mol. The number of furan rings is 1. The third kappa shape index (κ3) is 2.62. The van der Waals surface area contributed by atoms with Gasteiger partial charge in [-0.1, -0.05) is 6.07 Å². The smallest absolute Gasteiger partial charge is 0.267 e. The summed E-state index contributed by atoms with van der Waals surface area (Å²) >= 11 is 0. The Morgan fingerprint density at radius 1 is 1.32 bits per heavy atom. The van der Waals surface area contributed by atoms with Gasteiger partial charge in [0.2, 0.25) is 0 Å². The fourth-order valence-electron chi connectivity index (χ4n) is 2.55. The summed E-state index contributed by atoms with van der Waals surface area (Å²) in [6.07, 6.45) is 0.623. The quantitative estimate of drug-likeness (QED) is 0.804. The SMILES string of the molecule is Cc1ccc(CCNC(=O)c2cc3c(F)cccc3n2C)o1. The number of nitrogens with one attached hydrogen (secondary N) is 1. The zero-order valence-electron chi connectivity index (χ0n) is 12.5. The maximum Gasteiger partial charge on any atom is 0.267 e. The first-order valence-electron chi connectivity index (χ1n) is 7.13. The number of aromatic nitrogens is 1. The molecule has 22 heavy (non-hydrogen) atoms. The minimum Gasteiger partial charge on any atom is -0.466 e. The molecule has 0 aliphatic carbocycles. The van der Waals surface area contributed by atoms with Crippen LogP contribution in [0, 0.1) is 12.7 Å². The van der Waals surface area contributed by atoms with Crippen molar-refractivity contribution in [2.24, 2.45) is 7.05 Å². The lowest BCUT2D eigenvalue weighted by molar-refractivity contribution is 0.0946. The Morgan fingerprint density at radius 2 is 2.14 bits per heavy atom. The van der Waals surface area contributed by atoms with E-state index in [0.29, 0.717) is 29.6 Å². The Bertz CT molecular complexity index is 832. The highest BCUT2D eigenvalue weighted by Gasteiger charge is 2.15. The number of nitrogens with zero attached hydrogens (tertiary/aromatic N) is 1. The van der Waals surface area contributed by atoms with Crippen molar-refractivity contribution < 1.29 is 13.6 Å². The first kappa shape index (κ1) is 14.4. The second kappa shape index (κ2) is 5.67. The van der Waals surface area contributed by atoms with Gasteiger partial charge in [0, 0.05) is 25.4 Å². The van der Waals surface area contributed by atoms with E-state index < -0.39 is 0 Å². The third-order valence-electron chi connectivity index (χ3n) is 3.72. The predicted molar refractivity (Wildman–Crippen MR) is 82.4 cm³/mol. The number of aryl methyl sites for hydroxylation is 2. The van der Waals surface area contributed by atoms with Gasteiger partial charge in [0.1, 0.15) is 23.0 Å². The topological polar surface area (TPSA) is 47.2 Å². The molecule has 4 nitrogen and oxygen atoms in total. The first-order chi connectivity index (χ1) is 10.6. The molecule has 0 fully saturated rings. The van der Waals surface area contributed by atoms with Crippen molar-refractivity contribution in [3.8, 4) is 0 Å². The normalized spacial score (nSPS) is 11.0. The van der Waals surface area contributed by atoms with E-state index in [4.69, 9.17) is 4.42 Å². The van der Waals surface area contributed by atoms with Gasteiger partial charge in [-0.3, -0.25) is 4.79 Å². The summed E-state index contributed by atoms with van der Waals surface area (Å²) in [5, 5.41) is 3.29. The van der Waals surface area contributed by atoms with E-state index in [1.165, 1.54) is 6.07 Å². The van der Waals surface area contributed by atoms with Crippen molar-refractivity contribution in [1.82, 2.24) is 9.88 Å². The number of hydrogen-bond donors (Lipinski definition) is 1. The molecule has 0 radical (unpaired) electrons. The predicted octanol–water partition coefficient (Wildman–Crippen LogP) is 3.19. The molecule has 114 valence electrons. The van der Waals surface area contributed by atoms with Crippen molar-refractivity contribution in [1.29, 1.82) is 0 Å². The molecule has 0 aliphatic rings. The molecule has 2 heterocycles. The summed E-state index contributed by atoms with van der Waals surface area (Å²) in [6.45, 7) is 2.35. The largest absolute Gasteiger partial charge is 0.466 e. The lowest BCUT2D eigenvalue weighted by Gasteiger charge is -2.05. The molecule has 0 bridgehead atoms. The second-order valence-corrected chi connectivity index (χ2v) is 5.28. The molecule has 1 amide bonds. The summed E-state index contributed by atoms with van der Waals surface area (Å²) < 4.78 is 20.9. The van der Waals surface area contributed by atoms with Crippen LogP contribution in [0.1, 0.15) is 22.0 Å². The number of halogens is 1. The van der Waals surface area contributed by atoms with Crippen LogP contribution in [0.5, 0.6) is 0 Å². The van der Waals surface area contributed by atoms with Crippen molar-refractivity contribution in [2.75, 3.05) is 6.54 Å². The molecule has 0 saturated heterocycles. The van der Waals surface area contributed by atoms with E-state index in [1.807, 2.05) is 19.1 Å². The van der Waals surface area contributed by atoms with Gasteiger partial charge in [-0.2, -0.15) is 0 Å². The van der Waals surface area contributed by atoms with Crippen LogP contribution < -0.4 is 5.32 Å². The molecule has 2 aromatic heterocycles. The number of carbonyl (C=O) groups excluding carboxylic acids is 1. The molecule has 0 aliphatic heterocycles. The zero-order valence-corrected chi connectivity index (χ0v) is 12.5. The van der Waals surface area contributed by atoms with Gasteiger partial charge >= 0.3 is 0 Å². The molecule has 1 aromatic carbocycles. The second-order valence-electron chi connectivity index (χ2n) is 5.28. The summed E-state index contributed by atoms with van der Waals surface area (Å²) in [4.78, 5) is 12.3. The molecule has 0 atom stereocenters. The minimum absolute atomic E-state index is 0.221. The molecular formula is C17H17FN2O2. The Labute approximate surface area is 127 Å². The number of amides is 1. The maximum absolute atomic E-state index is 13.8. The number of rotatable bonds is 4. The van der Waals surface area contributed by atoms with Gasteiger partial charge in [-0.05, 0) is 37.3 Å². The molecule has 5 heteroatoms. The van der Waals surface area contributed by atoms with Crippen LogP contribution in [-0.2, 0) is 13.5 Å². The van der Waals surface area contributed by atoms with E-state index in [9.17, 15) is 9.18 Å². The van der Waals surface area contributed by atoms with Crippen LogP contribution in [-0.4, -0.2) is 17.0 Å². The van der Waals surface area contributed by atoms with E-state index in [2.05, 4.69) is 5.32 Å². The Balaban J connectivity index is 1.72. The van der Waals surface area contributed by atoms with E-state index in [0.717, 1.165) is 11.5 Å². The summed E-state index contributed by atoms with van der Waals surface area (Å²) in [5.41, 5.74) is 1.14. The van der Waals surface area contributed by atoms with Crippen molar-refractivity contribution in [3.63, 3.8) is 0 Å². The summed E-state index contributed by atoms with van der Waals surface area (Å²) in [6, 6.07) is 10.2. The number of hydrogen-bond acceptors (Lipinski definition) is 2.